The molecule has 1 aromatic rings. The molecule has 1 atom stereocenters. The first-order chi connectivity index (χ1) is 14.2. The Labute approximate surface area is 171 Å². The summed E-state index contributed by atoms with van der Waals surface area (Å²) in [6.45, 7) is -0.597. The molecule has 7 nitrogen and oxygen atoms in total. The first kappa shape index (κ1) is 22.8. The molecular formula is C18H17F6N3O4. The smallest absolute Gasteiger partial charge is 0.385 e. The lowest BCUT2D eigenvalue weighted by atomic mass is 9.85. The van der Waals surface area contributed by atoms with Crippen molar-refractivity contribution >= 4 is 23.6 Å². The number of nitrogens with one attached hydrogen (secondary N) is 1. The number of anilines is 1. The monoisotopic (exact) mass is 453 g/mol. The molecule has 1 amide bonds. The number of alkyl halides is 5. The van der Waals surface area contributed by atoms with E-state index in [-0.39, 0.29) is 11.5 Å². The summed E-state index contributed by atoms with van der Waals surface area (Å²) in [7, 11) is 0. The molecule has 1 saturated carbocycles. The van der Waals surface area contributed by atoms with E-state index >= 15 is 0 Å². The lowest BCUT2D eigenvalue weighted by Crippen LogP contribution is -2.45. The molecule has 0 aromatic heterocycles. The minimum atomic E-state index is -4.88. The van der Waals surface area contributed by atoms with Gasteiger partial charge in [0.1, 0.15) is 24.9 Å². The van der Waals surface area contributed by atoms with Crippen LogP contribution in [0, 0.1) is 11.2 Å². The quantitative estimate of drug-likeness (QED) is 0.415. The Kier molecular flexibility index (Phi) is 5.45. The van der Waals surface area contributed by atoms with Crippen molar-refractivity contribution in [3.05, 3.63) is 29.6 Å². The summed E-state index contributed by atoms with van der Waals surface area (Å²) in [5.74, 6) is -6.90. The van der Waals surface area contributed by atoms with Crippen LogP contribution < -0.4 is 11.1 Å². The first-order valence-corrected chi connectivity index (χ1v) is 8.92. The predicted octanol–water partition coefficient (Wildman–Crippen LogP) is 3.48. The second kappa shape index (κ2) is 7.39. The number of aliphatic imine (C=N–C) groups is 1. The molecule has 170 valence electrons. The van der Waals surface area contributed by atoms with Gasteiger partial charge in [-0.25, -0.2) is 18.0 Å². The minimum absolute atomic E-state index is 0.315. The molecule has 2 aliphatic rings. The van der Waals surface area contributed by atoms with Gasteiger partial charge in [0.2, 0.25) is 0 Å². The van der Waals surface area contributed by atoms with Crippen LogP contribution in [-0.2, 0) is 19.8 Å². The van der Waals surface area contributed by atoms with Gasteiger partial charge in [0.25, 0.3) is 5.92 Å². The van der Waals surface area contributed by atoms with Crippen LogP contribution in [0.2, 0.25) is 0 Å². The summed E-state index contributed by atoms with van der Waals surface area (Å²) in [5.41, 5.74) is -0.702. The van der Waals surface area contributed by atoms with Gasteiger partial charge in [-0.2, -0.15) is 13.2 Å². The Hall–Kier alpha value is -2.83. The van der Waals surface area contributed by atoms with E-state index in [0.29, 0.717) is 0 Å². The SMILES string of the molecule is CC1(c2cc(NC(=O)OC(=O)C3(C(F)(F)F)CC3)ccc2F)N=C(N)COCC1(F)F. The zero-order valence-electron chi connectivity index (χ0n) is 16.0. The number of amidine groups is 1. The fourth-order valence-electron chi connectivity index (χ4n) is 3.11. The number of esters is 1. The molecule has 13 heteroatoms. The highest BCUT2D eigenvalue weighted by Crippen LogP contribution is 2.58. The van der Waals surface area contributed by atoms with Crippen molar-refractivity contribution < 1.29 is 45.4 Å². The molecule has 0 bridgehead atoms. The van der Waals surface area contributed by atoms with Gasteiger partial charge in [-0.3, -0.25) is 15.1 Å². The zero-order chi connectivity index (χ0) is 23.2. The van der Waals surface area contributed by atoms with E-state index in [4.69, 9.17) is 10.5 Å². The fourth-order valence-corrected chi connectivity index (χ4v) is 3.11. The van der Waals surface area contributed by atoms with Crippen LogP contribution in [0.4, 0.5) is 36.8 Å². The van der Waals surface area contributed by atoms with Crippen LogP contribution in [0.1, 0.15) is 25.3 Å². The molecular weight excluding hydrogens is 436 g/mol. The molecule has 3 N–H and O–H groups in total. The summed E-state index contributed by atoms with van der Waals surface area (Å²) in [5, 5.41) is 1.93. The third-order valence-electron chi connectivity index (χ3n) is 5.22. The standard InChI is InChI=1S/C18H17F6N3O4/c1-15(17(20,21)8-30-7-12(25)27-15)10-6-9(2-3-11(10)19)26-14(29)31-13(28)16(4-5-16)18(22,23)24/h2-3,6H,4-5,7-8H2,1H3,(H2,25,27)(H,26,29). The average Bonchev–Trinajstić information content (AvgIpc) is 3.44. The molecule has 1 unspecified atom stereocenters. The normalized spacial score (nSPS) is 24.5. The number of hydrogen-bond donors (Lipinski definition) is 2. The number of halogens is 6. The van der Waals surface area contributed by atoms with E-state index in [2.05, 4.69) is 9.73 Å². The average molecular weight is 453 g/mol. The minimum Gasteiger partial charge on any atom is -0.385 e. The Morgan fingerprint density at radius 1 is 1.26 bits per heavy atom. The largest absolute Gasteiger partial charge is 0.419 e. The highest BCUT2D eigenvalue weighted by Gasteiger charge is 2.70. The molecule has 31 heavy (non-hydrogen) atoms. The molecule has 1 fully saturated rings. The maximum absolute atomic E-state index is 14.7. The highest BCUT2D eigenvalue weighted by atomic mass is 19.4. The molecule has 0 spiro atoms. The number of benzene rings is 1. The Morgan fingerprint density at radius 2 is 1.90 bits per heavy atom. The van der Waals surface area contributed by atoms with Gasteiger partial charge in [-0.15, -0.1) is 0 Å². The third-order valence-corrected chi connectivity index (χ3v) is 5.22. The highest BCUT2D eigenvalue weighted by molar-refractivity contribution is 5.96. The number of amides is 1. The number of carbonyl (C=O) groups is 2. The summed E-state index contributed by atoms with van der Waals surface area (Å²) in [4.78, 5) is 27.3. The molecule has 0 radical (unpaired) electrons. The maximum Gasteiger partial charge on any atom is 0.419 e. The Morgan fingerprint density at radius 3 is 2.48 bits per heavy atom. The summed E-state index contributed by atoms with van der Waals surface area (Å²) in [6, 6.07) is 2.49. The van der Waals surface area contributed by atoms with E-state index in [1.54, 1.807) is 0 Å². The Bertz CT molecular complexity index is 945. The lowest BCUT2D eigenvalue weighted by molar-refractivity contribution is -0.202. The predicted molar refractivity (Wildman–Crippen MR) is 94.0 cm³/mol. The molecule has 1 heterocycles. The number of rotatable bonds is 3. The van der Waals surface area contributed by atoms with E-state index < -0.39 is 72.6 Å². The molecule has 3 rings (SSSR count). The number of nitrogens with zero attached hydrogens (tertiary/aromatic N) is 1. The van der Waals surface area contributed by atoms with Crippen molar-refractivity contribution in [1.82, 2.24) is 0 Å². The summed E-state index contributed by atoms with van der Waals surface area (Å²) in [6.07, 6.45) is -7.49. The van der Waals surface area contributed by atoms with Crippen LogP contribution in [0.25, 0.3) is 0 Å². The first-order valence-electron chi connectivity index (χ1n) is 8.92. The molecule has 1 aliphatic heterocycles. The van der Waals surface area contributed by atoms with Crippen LogP contribution in [0.15, 0.2) is 23.2 Å². The van der Waals surface area contributed by atoms with Gasteiger partial charge < -0.3 is 15.2 Å². The van der Waals surface area contributed by atoms with Crippen LogP contribution in [-0.4, -0.2) is 43.2 Å². The van der Waals surface area contributed by atoms with E-state index in [9.17, 15) is 35.9 Å². The molecule has 0 saturated heterocycles. The van der Waals surface area contributed by atoms with E-state index in [1.165, 1.54) is 0 Å². The molecule has 1 aromatic carbocycles. The van der Waals surface area contributed by atoms with Crippen molar-refractivity contribution in [2.75, 3.05) is 18.5 Å². The number of nitrogens with two attached hydrogens (primary N) is 1. The fraction of sp³-hybridized carbons (Fsp3) is 0.500. The summed E-state index contributed by atoms with van der Waals surface area (Å²) < 4.78 is 91.5. The van der Waals surface area contributed by atoms with Gasteiger partial charge in [0.05, 0.1) is 0 Å². The topological polar surface area (TPSA) is 103 Å². The Balaban J connectivity index is 1.84. The van der Waals surface area contributed by atoms with Crippen molar-refractivity contribution in [2.24, 2.45) is 16.1 Å². The van der Waals surface area contributed by atoms with E-state index in [0.717, 1.165) is 25.1 Å². The maximum atomic E-state index is 14.7. The van der Waals surface area contributed by atoms with Gasteiger partial charge in [-0.1, -0.05) is 0 Å². The lowest BCUT2D eigenvalue weighted by Gasteiger charge is -2.33. The molecule has 1 aliphatic carbocycles. The van der Waals surface area contributed by atoms with Gasteiger partial charge >= 0.3 is 18.2 Å². The zero-order valence-corrected chi connectivity index (χ0v) is 16.0. The number of hydrogen-bond acceptors (Lipinski definition) is 6. The second-order valence-corrected chi connectivity index (χ2v) is 7.45. The van der Waals surface area contributed by atoms with Gasteiger partial charge in [0, 0.05) is 11.3 Å². The van der Waals surface area contributed by atoms with E-state index in [1.807, 2.05) is 5.32 Å². The van der Waals surface area contributed by atoms with Crippen LogP contribution in [0.5, 0.6) is 0 Å². The third kappa shape index (κ3) is 4.05. The van der Waals surface area contributed by atoms with Crippen molar-refractivity contribution in [2.45, 2.75) is 37.4 Å². The number of carbonyl (C=O) groups excluding carboxylic acids is 2. The summed E-state index contributed by atoms with van der Waals surface area (Å²) >= 11 is 0. The van der Waals surface area contributed by atoms with Crippen LogP contribution >= 0.6 is 0 Å². The van der Waals surface area contributed by atoms with Crippen molar-refractivity contribution in [1.29, 1.82) is 0 Å². The van der Waals surface area contributed by atoms with Gasteiger partial charge in [-0.05, 0) is 38.0 Å². The van der Waals surface area contributed by atoms with Crippen molar-refractivity contribution in [3.8, 4) is 0 Å². The number of ether oxygens (including phenoxy) is 2. The van der Waals surface area contributed by atoms with Crippen molar-refractivity contribution in [3.63, 3.8) is 0 Å². The van der Waals surface area contributed by atoms with Gasteiger partial charge in [0.15, 0.2) is 11.0 Å². The second-order valence-electron chi connectivity index (χ2n) is 7.45. The van der Waals surface area contributed by atoms with Crippen LogP contribution in [0.3, 0.4) is 0 Å².